The van der Waals surface area contributed by atoms with Gasteiger partial charge in [-0.1, -0.05) is 48.0 Å². The number of aryl methyl sites for hydroxylation is 1. The van der Waals surface area contributed by atoms with Gasteiger partial charge in [0.2, 0.25) is 0 Å². The van der Waals surface area contributed by atoms with Gasteiger partial charge in [-0.3, -0.25) is 4.79 Å². The number of hydrogen-bond donors (Lipinski definition) is 1. The van der Waals surface area contributed by atoms with E-state index in [0.29, 0.717) is 5.39 Å². The van der Waals surface area contributed by atoms with Gasteiger partial charge < -0.3 is 4.98 Å². The molecule has 3 heteroatoms. The molecule has 0 fully saturated rings. The number of H-pyrrole nitrogens is 1. The number of rotatable bonds is 1. The lowest BCUT2D eigenvalue weighted by atomic mass is 10.1. The predicted octanol–water partition coefficient (Wildman–Crippen LogP) is 4.27. The Hall–Kier alpha value is -1.87. The number of fused-ring (bicyclic) bond motifs is 1. The molecule has 0 atom stereocenters. The Morgan fingerprint density at radius 2 is 1.58 bits per heavy atom. The van der Waals surface area contributed by atoms with Crippen LogP contribution in [0, 0.1) is 6.92 Å². The maximum absolute atomic E-state index is 12.1. The van der Waals surface area contributed by atoms with Gasteiger partial charge in [-0.05, 0) is 34.5 Å². The Labute approximate surface area is 119 Å². The molecule has 0 spiro atoms. The summed E-state index contributed by atoms with van der Waals surface area (Å²) in [5, 5.41) is 1.63. The Bertz CT molecular complexity index is 803. The highest BCUT2D eigenvalue weighted by molar-refractivity contribution is 9.10. The zero-order valence-corrected chi connectivity index (χ0v) is 12.0. The van der Waals surface area contributed by atoms with Gasteiger partial charge in [0.1, 0.15) is 0 Å². The van der Waals surface area contributed by atoms with Gasteiger partial charge in [-0.15, -0.1) is 0 Å². The highest BCUT2D eigenvalue weighted by Crippen LogP contribution is 2.30. The SMILES string of the molecule is Cc1ccc(-c2[nH]c(=O)c3ccccc3c2Br)cc1. The minimum Gasteiger partial charge on any atom is -0.320 e. The Balaban J connectivity index is 2.33. The second-order valence-corrected chi connectivity index (χ2v) is 5.35. The summed E-state index contributed by atoms with van der Waals surface area (Å²) >= 11 is 3.60. The Kier molecular flexibility index (Phi) is 2.99. The number of benzene rings is 2. The second-order valence-electron chi connectivity index (χ2n) is 4.55. The zero-order valence-electron chi connectivity index (χ0n) is 10.4. The highest BCUT2D eigenvalue weighted by Gasteiger charge is 2.10. The minimum atomic E-state index is -0.0608. The topological polar surface area (TPSA) is 32.9 Å². The van der Waals surface area contributed by atoms with E-state index in [9.17, 15) is 4.79 Å². The quantitative estimate of drug-likeness (QED) is 0.715. The van der Waals surface area contributed by atoms with Crippen molar-refractivity contribution in [1.82, 2.24) is 4.98 Å². The largest absolute Gasteiger partial charge is 0.320 e. The standard InChI is InChI=1S/C16H12BrNO/c1-10-6-8-11(9-7-10)15-14(17)12-4-2-3-5-13(12)16(19)18-15/h2-9H,1H3,(H,18,19). The summed E-state index contributed by atoms with van der Waals surface area (Å²) in [6, 6.07) is 15.7. The molecule has 0 aliphatic carbocycles. The van der Waals surface area contributed by atoms with E-state index in [1.54, 1.807) is 0 Å². The lowest BCUT2D eigenvalue weighted by Crippen LogP contribution is -2.08. The van der Waals surface area contributed by atoms with Crippen molar-refractivity contribution in [2.24, 2.45) is 0 Å². The fourth-order valence-electron chi connectivity index (χ4n) is 2.16. The third kappa shape index (κ3) is 2.10. The van der Waals surface area contributed by atoms with Crippen molar-refractivity contribution in [3.8, 4) is 11.3 Å². The van der Waals surface area contributed by atoms with E-state index in [-0.39, 0.29) is 5.56 Å². The summed E-state index contributed by atoms with van der Waals surface area (Å²) in [5.41, 5.74) is 2.96. The summed E-state index contributed by atoms with van der Waals surface area (Å²) in [4.78, 5) is 15.1. The van der Waals surface area contributed by atoms with Crippen LogP contribution in [0.15, 0.2) is 57.8 Å². The minimum absolute atomic E-state index is 0.0608. The number of halogens is 1. The maximum Gasteiger partial charge on any atom is 0.256 e. The molecule has 3 rings (SSSR count). The lowest BCUT2D eigenvalue weighted by Gasteiger charge is -2.08. The summed E-state index contributed by atoms with van der Waals surface area (Å²) in [6.45, 7) is 2.04. The molecular formula is C16H12BrNO. The summed E-state index contributed by atoms with van der Waals surface area (Å²) in [5.74, 6) is 0. The van der Waals surface area contributed by atoms with Gasteiger partial charge in [0.25, 0.3) is 5.56 Å². The first-order chi connectivity index (χ1) is 9.16. The molecule has 0 bridgehead atoms. The van der Waals surface area contributed by atoms with Crippen LogP contribution in [0.1, 0.15) is 5.56 Å². The Morgan fingerprint density at radius 3 is 2.26 bits per heavy atom. The number of pyridine rings is 1. The molecule has 2 nitrogen and oxygen atoms in total. The molecule has 1 N–H and O–H groups in total. The molecule has 94 valence electrons. The molecule has 3 aromatic rings. The molecule has 0 aliphatic heterocycles. The van der Waals surface area contributed by atoms with Crippen molar-refractivity contribution in [3.63, 3.8) is 0 Å². The van der Waals surface area contributed by atoms with E-state index in [0.717, 1.165) is 21.1 Å². The van der Waals surface area contributed by atoms with Crippen LogP contribution >= 0.6 is 15.9 Å². The average molecular weight is 314 g/mol. The van der Waals surface area contributed by atoms with Gasteiger partial charge in [-0.25, -0.2) is 0 Å². The van der Waals surface area contributed by atoms with Crippen LogP contribution in [0.4, 0.5) is 0 Å². The molecule has 0 amide bonds. The van der Waals surface area contributed by atoms with E-state index < -0.39 is 0 Å². The van der Waals surface area contributed by atoms with E-state index in [4.69, 9.17) is 0 Å². The maximum atomic E-state index is 12.1. The predicted molar refractivity (Wildman–Crippen MR) is 82.4 cm³/mol. The molecule has 0 saturated heterocycles. The first-order valence-electron chi connectivity index (χ1n) is 6.04. The molecule has 19 heavy (non-hydrogen) atoms. The van der Waals surface area contributed by atoms with Gasteiger partial charge in [0, 0.05) is 15.2 Å². The first kappa shape index (κ1) is 12.2. The van der Waals surface area contributed by atoms with E-state index in [2.05, 4.69) is 20.9 Å². The van der Waals surface area contributed by atoms with E-state index in [1.807, 2.05) is 55.5 Å². The molecule has 0 aliphatic rings. The summed E-state index contributed by atoms with van der Waals surface area (Å²) < 4.78 is 0.923. The highest BCUT2D eigenvalue weighted by atomic mass is 79.9. The molecule has 1 aromatic heterocycles. The van der Waals surface area contributed by atoms with Crippen LogP contribution < -0.4 is 5.56 Å². The molecule has 0 radical (unpaired) electrons. The molecule has 0 unspecified atom stereocenters. The second kappa shape index (κ2) is 4.67. The molecule has 0 saturated carbocycles. The van der Waals surface area contributed by atoms with Crippen LogP contribution in [0.3, 0.4) is 0 Å². The fourth-order valence-corrected chi connectivity index (χ4v) is 2.84. The third-order valence-corrected chi connectivity index (χ3v) is 4.03. The number of aromatic amines is 1. The number of aromatic nitrogens is 1. The normalized spacial score (nSPS) is 10.8. The van der Waals surface area contributed by atoms with Gasteiger partial charge in [0.15, 0.2) is 0 Å². The zero-order chi connectivity index (χ0) is 13.4. The number of hydrogen-bond acceptors (Lipinski definition) is 1. The van der Waals surface area contributed by atoms with Gasteiger partial charge in [0.05, 0.1) is 5.69 Å². The molecule has 2 aromatic carbocycles. The van der Waals surface area contributed by atoms with Crippen LogP contribution in [0.5, 0.6) is 0 Å². The third-order valence-electron chi connectivity index (χ3n) is 3.21. The van der Waals surface area contributed by atoms with Crippen LogP contribution in [-0.2, 0) is 0 Å². The van der Waals surface area contributed by atoms with Crippen LogP contribution in [0.2, 0.25) is 0 Å². The van der Waals surface area contributed by atoms with Crippen molar-refractivity contribution in [3.05, 3.63) is 68.9 Å². The Morgan fingerprint density at radius 1 is 0.947 bits per heavy atom. The fraction of sp³-hybridized carbons (Fsp3) is 0.0625. The van der Waals surface area contributed by atoms with Crippen LogP contribution in [0.25, 0.3) is 22.0 Å². The monoisotopic (exact) mass is 313 g/mol. The van der Waals surface area contributed by atoms with Gasteiger partial charge in [-0.2, -0.15) is 0 Å². The van der Waals surface area contributed by atoms with E-state index >= 15 is 0 Å². The number of nitrogens with one attached hydrogen (secondary N) is 1. The van der Waals surface area contributed by atoms with Crippen molar-refractivity contribution >= 4 is 26.7 Å². The van der Waals surface area contributed by atoms with Crippen molar-refractivity contribution < 1.29 is 0 Å². The van der Waals surface area contributed by atoms with Crippen LogP contribution in [-0.4, -0.2) is 4.98 Å². The smallest absolute Gasteiger partial charge is 0.256 e. The van der Waals surface area contributed by atoms with Crippen molar-refractivity contribution in [2.75, 3.05) is 0 Å². The summed E-state index contributed by atoms with van der Waals surface area (Å²) in [6.07, 6.45) is 0. The lowest BCUT2D eigenvalue weighted by molar-refractivity contribution is 1.26. The van der Waals surface area contributed by atoms with E-state index in [1.165, 1.54) is 5.56 Å². The van der Waals surface area contributed by atoms with Gasteiger partial charge >= 0.3 is 0 Å². The first-order valence-corrected chi connectivity index (χ1v) is 6.83. The molecule has 1 heterocycles. The summed E-state index contributed by atoms with van der Waals surface area (Å²) in [7, 11) is 0. The molecular weight excluding hydrogens is 302 g/mol. The average Bonchev–Trinajstić information content (AvgIpc) is 2.44. The van der Waals surface area contributed by atoms with Crippen molar-refractivity contribution in [1.29, 1.82) is 0 Å². The van der Waals surface area contributed by atoms with Crippen molar-refractivity contribution in [2.45, 2.75) is 6.92 Å².